The molecule has 0 radical (unpaired) electrons. The number of oxime groups is 1. The summed E-state index contributed by atoms with van der Waals surface area (Å²) in [6.07, 6.45) is 0. The second-order valence-corrected chi connectivity index (χ2v) is 4.41. The zero-order valence-electron chi connectivity index (χ0n) is 11.4. The maximum Gasteiger partial charge on any atom is 0.175 e. The van der Waals surface area contributed by atoms with Crippen molar-refractivity contribution in [3.05, 3.63) is 52.9 Å². The Morgan fingerprint density at radius 3 is 2.38 bits per heavy atom. The monoisotopic (exact) mass is 293 g/mol. The van der Waals surface area contributed by atoms with E-state index in [0.29, 0.717) is 11.4 Å². The summed E-state index contributed by atoms with van der Waals surface area (Å²) >= 11 is 0. The molecule has 2 rings (SSSR count). The fraction of sp³-hybridized carbons (Fsp3) is 0.143. The van der Waals surface area contributed by atoms with Gasteiger partial charge in [0.2, 0.25) is 0 Å². The zero-order valence-corrected chi connectivity index (χ0v) is 11.4. The van der Waals surface area contributed by atoms with E-state index in [1.165, 1.54) is 6.07 Å². The van der Waals surface area contributed by atoms with E-state index in [-0.39, 0.29) is 22.9 Å². The first-order valence-electron chi connectivity index (χ1n) is 6.01. The minimum absolute atomic E-state index is 0.0375. The minimum Gasteiger partial charge on any atom is -0.456 e. The van der Waals surface area contributed by atoms with E-state index in [0.717, 1.165) is 18.2 Å². The summed E-state index contributed by atoms with van der Waals surface area (Å²) in [6.45, 7) is 3.38. The highest BCUT2D eigenvalue weighted by atomic mass is 19.1. The Hall–Kier alpha value is -2.70. The molecule has 0 aliphatic carbocycles. The van der Waals surface area contributed by atoms with E-state index in [4.69, 9.17) is 15.7 Å². The molecule has 0 bridgehead atoms. The Labute approximate surface area is 119 Å². The first-order valence-corrected chi connectivity index (χ1v) is 6.01. The van der Waals surface area contributed by atoms with Crippen molar-refractivity contribution in [3.8, 4) is 11.5 Å². The third kappa shape index (κ3) is 3.25. The predicted octanol–water partition coefficient (Wildman–Crippen LogP) is 2.86. The molecule has 1 aromatic carbocycles. The summed E-state index contributed by atoms with van der Waals surface area (Å²) in [4.78, 5) is 4.18. The van der Waals surface area contributed by atoms with Crippen molar-refractivity contribution in [3.63, 3.8) is 0 Å². The van der Waals surface area contributed by atoms with Crippen LogP contribution in [0.3, 0.4) is 0 Å². The first kappa shape index (κ1) is 14.7. The van der Waals surface area contributed by atoms with Crippen LogP contribution in [-0.2, 0) is 0 Å². The molecule has 3 N–H and O–H groups in total. The molecule has 0 unspecified atom stereocenters. The Morgan fingerprint density at radius 1 is 1.19 bits per heavy atom. The van der Waals surface area contributed by atoms with Crippen molar-refractivity contribution in [2.24, 2.45) is 10.9 Å². The molecule has 110 valence electrons. The number of halogens is 2. The van der Waals surface area contributed by atoms with Crippen LogP contribution in [0.15, 0.2) is 29.4 Å². The Morgan fingerprint density at radius 2 is 1.81 bits per heavy atom. The Bertz CT molecular complexity index is 697. The summed E-state index contributed by atoms with van der Waals surface area (Å²) in [5.41, 5.74) is 6.94. The Balaban J connectivity index is 2.52. The van der Waals surface area contributed by atoms with Gasteiger partial charge in [-0.15, -0.1) is 0 Å². The molecule has 1 aromatic heterocycles. The van der Waals surface area contributed by atoms with Crippen molar-refractivity contribution in [2.75, 3.05) is 0 Å². The Kier molecular flexibility index (Phi) is 4.02. The maximum absolute atomic E-state index is 13.2. The lowest BCUT2D eigenvalue weighted by Crippen LogP contribution is -2.17. The van der Waals surface area contributed by atoms with Crippen LogP contribution in [0, 0.1) is 25.5 Å². The van der Waals surface area contributed by atoms with Gasteiger partial charge >= 0.3 is 0 Å². The number of rotatable bonds is 3. The smallest absolute Gasteiger partial charge is 0.175 e. The van der Waals surface area contributed by atoms with Crippen LogP contribution in [0.1, 0.15) is 17.0 Å². The van der Waals surface area contributed by atoms with Crippen LogP contribution in [0.4, 0.5) is 8.78 Å². The molecule has 0 saturated carbocycles. The van der Waals surface area contributed by atoms with Gasteiger partial charge in [-0.05, 0) is 13.8 Å². The number of aryl methyl sites for hydroxylation is 2. The quantitative estimate of drug-likeness (QED) is 0.394. The van der Waals surface area contributed by atoms with Gasteiger partial charge in [-0.3, -0.25) is 4.98 Å². The van der Waals surface area contributed by atoms with Crippen LogP contribution >= 0.6 is 0 Å². The number of ether oxygens (including phenoxy) is 1. The lowest BCUT2D eigenvalue weighted by Gasteiger charge is -2.13. The number of nitrogens with zero attached hydrogens (tertiary/aromatic N) is 2. The SMILES string of the molecule is Cc1cc(Oc2cc(F)cc(F)c2)c(/C(N)=N/O)c(C)n1. The predicted molar refractivity (Wildman–Crippen MR) is 72.7 cm³/mol. The molecule has 7 heteroatoms. The molecule has 0 aliphatic rings. The van der Waals surface area contributed by atoms with Gasteiger partial charge in [-0.1, -0.05) is 5.16 Å². The third-order valence-electron chi connectivity index (χ3n) is 2.72. The van der Waals surface area contributed by atoms with Crippen LogP contribution in [0.25, 0.3) is 0 Å². The van der Waals surface area contributed by atoms with Gasteiger partial charge < -0.3 is 15.7 Å². The molecule has 1 heterocycles. The number of hydrogen-bond acceptors (Lipinski definition) is 4. The van der Waals surface area contributed by atoms with E-state index in [2.05, 4.69) is 10.1 Å². The highest BCUT2D eigenvalue weighted by molar-refractivity contribution is 6.00. The van der Waals surface area contributed by atoms with E-state index < -0.39 is 11.6 Å². The largest absolute Gasteiger partial charge is 0.456 e. The number of benzene rings is 1. The molecule has 5 nitrogen and oxygen atoms in total. The van der Waals surface area contributed by atoms with Gasteiger partial charge in [0.05, 0.1) is 11.3 Å². The molecule has 0 fully saturated rings. The van der Waals surface area contributed by atoms with Gasteiger partial charge in [0.1, 0.15) is 23.1 Å². The van der Waals surface area contributed by atoms with Crippen molar-refractivity contribution in [1.29, 1.82) is 0 Å². The highest BCUT2D eigenvalue weighted by Gasteiger charge is 2.15. The molecule has 2 aromatic rings. The van der Waals surface area contributed by atoms with E-state index in [9.17, 15) is 8.78 Å². The molecule has 0 atom stereocenters. The van der Waals surface area contributed by atoms with Crippen molar-refractivity contribution < 1.29 is 18.7 Å². The van der Waals surface area contributed by atoms with Gasteiger partial charge in [0.15, 0.2) is 5.84 Å². The van der Waals surface area contributed by atoms with Crippen LogP contribution < -0.4 is 10.5 Å². The van der Waals surface area contributed by atoms with Crippen LogP contribution in [-0.4, -0.2) is 16.0 Å². The standard InChI is InChI=1S/C14H13F2N3O2/c1-7-3-12(13(8(2)18-7)14(17)19-20)21-11-5-9(15)4-10(16)6-11/h3-6,20H,1-2H3,(H2,17,19). The average Bonchev–Trinajstić information content (AvgIpc) is 2.36. The van der Waals surface area contributed by atoms with Crippen LogP contribution in [0.5, 0.6) is 11.5 Å². The van der Waals surface area contributed by atoms with E-state index in [1.807, 2.05) is 0 Å². The minimum atomic E-state index is -0.766. The normalized spacial score (nSPS) is 11.5. The molecular formula is C14H13F2N3O2. The number of pyridine rings is 1. The number of amidine groups is 1. The molecule has 0 saturated heterocycles. The van der Waals surface area contributed by atoms with E-state index >= 15 is 0 Å². The van der Waals surface area contributed by atoms with Gasteiger partial charge in [0.25, 0.3) is 0 Å². The first-order chi connectivity index (χ1) is 9.90. The lowest BCUT2D eigenvalue weighted by molar-refractivity contribution is 0.318. The summed E-state index contributed by atoms with van der Waals surface area (Å²) in [7, 11) is 0. The van der Waals surface area contributed by atoms with E-state index in [1.54, 1.807) is 13.8 Å². The number of hydrogen-bond donors (Lipinski definition) is 2. The second kappa shape index (κ2) is 5.74. The number of aromatic nitrogens is 1. The average molecular weight is 293 g/mol. The molecule has 0 aliphatic heterocycles. The summed E-state index contributed by atoms with van der Waals surface area (Å²) < 4.78 is 31.9. The van der Waals surface area contributed by atoms with Gasteiger partial charge in [-0.2, -0.15) is 0 Å². The second-order valence-electron chi connectivity index (χ2n) is 4.41. The fourth-order valence-corrected chi connectivity index (χ4v) is 1.95. The van der Waals surface area contributed by atoms with Crippen molar-refractivity contribution in [2.45, 2.75) is 13.8 Å². The molecule has 0 amide bonds. The molecule has 21 heavy (non-hydrogen) atoms. The highest BCUT2D eigenvalue weighted by Crippen LogP contribution is 2.28. The third-order valence-corrected chi connectivity index (χ3v) is 2.72. The maximum atomic E-state index is 13.2. The summed E-state index contributed by atoms with van der Waals surface area (Å²) in [5, 5.41) is 11.7. The molecule has 0 spiro atoms. The summed E-state index contributed by atoms with van der Waals surface area (Å²) in [6, 6.07) is 4.33. The topological polar surface area (TPSA) is 80.7 Å². The van der Waals surface area contributed by atoms with Gasteiger partial charge in [-0.25, -0.2) is 8.78 Å². The fourth-order valence-electron chi connectivity index (χ4n) is 1.95. The van der Waals surface area contributed by atoms with Gasteiger partial charge in [0, 0.05) is 30.0 Å². The van der Waals surface area contributed by atoms with Crippen molar-refractivity contribution in [1.82, 2.24) is 4.98 Å². The number of nitrogens with two attached hydrogens (primary N) is 1. The zero-order chi connectivity index (χ0) is 15.6. The van der Waals surface area contributed by atoms with Crippen molar-refractivity contribution >= 4 is 5.84 Å². The lowest BCUT2D eigenvalue weighted by atomic mass is 10.1. The summed E-state index contributed by atoms with van der Waals surface area (Å²) in [5.74, 6) is -1.58. The van der Waals surface area contributed by atoms with Crippen LogP contribution in [0.2, 0.25) is 0 Å². The molecular weight excluding hydrogens is 280 g/mol.